The Bertz CT molecular complexity index is 819. The van der Waals surface area contributed by atoms with Crippen LogP contribution in [0.3, 0.4) is 0 Å². The van der Waals surface area contributed by atoms with Crippen molar-refractivity contribution in [2.24, 2.45) is 7.05 Å². The van der Waals surface area contributed by atoms with Gasteiger partial charge in [-0.1, -0.05) is 0 Å². The number of rotatable bonds is 3. The zero-order chi connectivity index (χ0) is 15.1. The molecule has 0 amide bonds. The fourth-order valence-corrected chi connectivity index (χ4v) is 2.83. The van der Waals surface area contributed by atoms with Crippen LogP contribution in [0.4, 0.5) is 4.39 Å². The summed E-state index contributed by atoms with van der Waals surface area (Å²) in [5.74, 6) is 0.749. The summed E-state index contributed by atoms with van der Waals surface area (Å²) in [6, 6.07) is 4.60. The van der Waals surface area contributed by atoms with Gasteiger partial charge in [0, 0.05) is 18.3 Å². The van der Waals surface area contributed by atoms with E-state index in [0.717, 1.165) is 33.8 Å². The molecule has 0 unspecified atom stereocenters. The van der Waals surface area contributed by atoms with Crippen LogP contribution in [0.1, 0.15) is 22.8 Å². The zero-order valence-electron chi connectivity index (χ0n) is 12.2. The lowest BCUT2D eigenvalue weighted by Gasteiger charge is -2.08. The highest BCUT2D eigenvalue weighted by Gasteiger charge is 2.15. The van der Waals surface area contributed by atoms with Gasteiger partial charge in [0.2, 0.25) is 0 Å². The Morgan fingerprint density at radius 2 is 2.05 bits per heavy atom. The number of fused-ring (bicyclic) bond motifs is 1. The SMILES string of the molecule is Cc1nn(C)c(C)c1Cn1c(CCl)nc2ccc(F)cc21. The third kappa shape index (κ3) is 2.31. The standard InChI is InChI=1S/C15H16ClFN4/c1-9-12(10(2)20(3)19-9)8-21-14-6-11(17)4-5-13(14)18-15(21)7-16/h4-6H,7-8H2,1-3H3. The lowest BCUT2D eigenvalue weighted by Crippen LogP contribution is -2.06. The van der Waals surface area contributed by atoms with E-state index >= 15 is 0 Å². The van der Waals surface area contributed by atoms with Crippen molar-refractivity contribution in [2.75, 3.05) is 0 Å². The fourth-order valence-electron chi connectivity index (χ4n) is 2.63. The van der Waals surface area contributed by atoms with E-state index < -0.39 is 0 Å². The zero-order valence-corrected chi connectivity index (χ0v) is 12.9. The van der Waals surface area contributed by atoms with Crippen molar-refractivity contribution < 1.29 is 4.39 Å². The fraction of sp³-hybridized carbons (Fsp3) is 0.333. The van der Waals surface area contributed by atoms with Crippen LogP contribution < -0.4 is 0 Å². The van der Waals surface area contributed by atoms with Gasteiger partial charge in [0.1, 0.15) is 11.6 Å². The van der Waals surface area contributed by atoms with E-state index in [1.54, 1.807) is 6.07 Å². The second kappa shape index (κ2) is 5.15. The van der Waals surface area contributed by atoms with Crippen molar-refractivity contribution in [1.29, 1.82) is 0 Å². The van der Waals surface area contributed by atoms with Gasteiger partial charge < -0.3 is 4.57 Å². The Balaban J connectivity index is 2.17. The minimum Gasteiger partial charge on any atom is -0.322 e. The smallest absolute Gasteiger partial charge is 0.125 e. The quantitative estimate of drug-likeness (QED) is 0.696. The summed E-state index contributed by atoms with van der Waals surface area (Å²) >= 11 is 6.00. The molecule has 0 aliphatic carbocycles. The van der Waals surface area contributed by atoms with E-state index in [-0.39, 0.29) is 11.7 Å². The summed E-state index contributed by atoms with van der Waals surface area (Å²) in [5.41, 5.74) is 4.69. The van der Waals surface area contributed by atoms with Crippen molar-refractivity contribution in [2.45, 2.75) is 26.3 Å². The molecule has 21 heavy (non-hydrogen) atoms. The maximum Gasteiger partial charge on any atom is 0.125 e. The first kappa shape index (κ1) is 14.1. The predicted molar refractivity (Wildman–Crippen MR) is 81.0 cm³/mol. The second-order valence-electron chi connectivity index (χ2n) is 5.15. The number of alkyl halides is 1. The molecule has 0 aliphatic rings. The highest BCUT2D eigenvalue weighted by Crippen LogP contribution is 2.22. The van der Waals surface area contributed by atoms with Crippen LogP contribution in [-0.2, 0) is 19.5 Å². The summed E-state index contributed by atoms with van der Waals surface area (Å²) in [4.78, 5) is 4.47. The van der Waals surface area contributed by atoms with Crippen LogP contribution in [0.2, 0.25) is 0 Å². The van der Waals surface area contributed by atoms with Gasteiger partial charge in [-0.3, -0.25) is 4.68 Å². The van der Waals surface area contributed by atoms with Crippen molar-refractivity contribution in [3.8, 4) is 0 Å². The van der Waals surface area contributed by atoms with Gasteiger partial charge in [-0.15, -0.1) is 11.6 Å². The average molecular weight is 307 g/mol. The Morgan fingerprint density at radius 1 is 1.29 bits per heavy atom. The number of hydrogen-bond donors (Lipinski definition) is 0. The summed E-state index contributed by atoms with van der Waals surface area (Å²) in [6.07, 6.45) is 0. The lowest BCUT2D eigenvalue weighted by molar-refractivity contribution is 0.628. The first-order valence-electron chi connectivity index (χ1n) is 6.71. The highest BCUT2D eigenvalue weighted by atomic mass is 35.5. The molecule has 3 rings (SSSR count). The van der Waals surface area contributed by atoms with Crippen molar-refractivity contribution in [1.82, 2.24) is 19.3 Å². The Morgan fingerprint density at radius 3 is 2.67 bits per heavy atom. The van der Waals surface area contributed by atoms with Gasteiger partial charge in [0.05, 0.1) is 29.2 Å². The third-order valence-electron chi connectivity index (χ3n) is 3.88. The van der Waals surface area contributed by atoms with Gasteiger partial charge in [-0.05, 0) is 32.0 Å². The molecule has 2 heterocycles. The van der Waals surface area contributed by atoms with Crippen LogP contribution in [0.15, 0.2) is 18.2 Å². The third-order valence-corrected chi connectivity index (χ3v) is 4.12. The van der Waals surface area contributed by atoms with Gasteiger partial charge in [-0.2, -0.15) is 5.10 Å². The van der Waals surface area contributed by atoms with E-state index in [1.807, 2.05) is 30.1 Å². The normalized spacial score (nSPS) is 11.5. The molecule has 1 aromatic carbocycles. The molecule has 0 atom stereocenters. The van der Waals surface area contributed by atoms with Gasteiger partial charge in [-0.25, -0.2) is 9.37 Å². The minimum absolute atomic E-state index is 0.274. The number of halogens is 2. The molecule has 0 fully saturated rings. The first-order valence-corrected chi connectivity index (χ1v) is 7.24. The van der Waals surface area contributed by atoms with Crippen LogP contribution in [0, 0.1) is 19.7 Å². The van der Waals surface area contributed by atoms with Crippen LogP contribution in [0.5, 0.6) is 0 Å². The molecule has 0 bridgehead atoms. The molecule has 0 spiro atoms. The monoisotopic (exact) mass is 306 g/mol. The predicted octanol–water partition coefficient (Wildman–Crippen LogP) is 3.31. The molecule has 4 nitrogen and oxygen atoms in total. The first-order chi connectivity index (χ1) is 10.0. The number of imidazole rings is 1. The van der Waals surface area contributed by atoms with E-state index in [2.05, 4.69) is 10.1 Å². The van der Waals surface area contributed by atoms with Crippen LogP contribution in [-0.4, -0.2) is 19.3 Å². The van der Waals surface area contributed by atoms with Gasteiger partial charge in [0.15, 0.2) is 0 Å². The van der Waals surface area contributed by atoms with Crippen LogP contribution in [0.25, 0.3) is 11.0 Å². The topological polar surface area (TPSA) is 35.6 Å². The molecular weight excluding hydrogens is 291 g/mol. The summed E-state index contributed by atoms with van der Waals surface area (Å²) in [7, 11) is 1.92. The maximum absolute atomic E-state index is 13.5. The van der Waals surface area contributed by atoms with E-state index in [0.29, 0.717) is 6.54 Å². The molecule has 0 radical (unpaired) electrons. The van der Waals surface area contributed by atoms with Crippen molar-refractivity contribution in [3.63, 3.8) is 0 Å². The molecule has 0 saturated heterocycles. The number of hydrogen-bond acceptors (Lipinski definition) is 2. The summed E-state index contributed by atoms with van der Waals surface area (Å²) < 4.78 is 17.4. The summed E-state index contributed by atoms with van der Waals surface area (Å²) in [5, 5.41) is 4.42. The van der Waals surface area contributed by atoms with Gasteiger partial charge in [0.25, 0.3) is 0 Å². The largest absolute Gasteiger partial charge is 0.322 e. The Labute approximate surface area is 127 Å². The number of aromatic nitrogens is 4. The molecule has 0 saturated carbocycles. The number of aryl methyl sites for hydroxylation is 2. The maximum atomic E-state index is 13.5. The van der Waals surface area contributed by atoms with Crippen molar-refractivity contribution in [3.05, 3.63) is 46.8 Å². The van der Waals surface area contributed by atoms with E-state index in [1.165, 1.54) is 12.1 Å². The molecule has 0 aliphatic heterocycles. The number of nitrogens with zero attached hydrogens (tertiary/aromatic N) is 4. The van der Waals surface area contributed by atoms with E-state index in [4.69, 9.17) is 11.6 Å². The average Bonchev–Trinajstić information content (AvgIpc) is 2.91. The van der Waals surface area contributed by atoms with Crippen molar-refractivity contribution >= 4 is 22.6 Å². The molecule has 2 aromatic heterocycles. The Hall–Kier alpha value is -1.88. The number of benzene rings is 1. The molecule has 3 aromatic rings. The summed E-state index contributed by atoms with van der Waals surface area (Å²) in [6.45, 7) is 4.59. The van der Waals surface area contributed by atoms with Crippen LogP contribution >= 0.6 is 11.6 Å². The lowest BCUT2D eigenvalue weighted by atomic mass is 10.2. The molecule has 6 heteroatoms. The highest BCUT2D eigenvalue weighted by molar-refractivity contribution is 6.16. The Kier molecular flexibility index (Phi) is 3.45. The second-order valence-corrected chi connectivity index (χ2v) is 5.42. The molecule has 0 N–H and O–H groups in total. The van der Waals surface area contributed by atoms with Gasteiger partial charge >= 0.3 is 0 Å². The molecule has 110 valence electrons. The minimum atomic E-state index is -0.274. The van der Waals surface area contributed by atoms with E-state index in [9.17, 15) is 4.39 Å². The molecular formula is C15H16ClFN4.